The number of carbonyl (C=O) groups is 8. The van der Waals surface area contributed by atoms with Crippen LogP contribution in [-0.4, -0.2) is 180 Å². The number of aliphatic carboxylic acids is 2. The van der Waals surface area contributed by atoms with Gasteiger partial charge in [0.15, 0.2) is 13.2 Å². The Morgan fingerprint density at radius 3 is 1.09 bits per heavy atom. The predicted octanol–water partition coefficient (Wildman–Crippen LogP) is 14.2. The van der Waals surface area contributed by atoms with E-state index in [2.05, 4.69) is 9.47 Å². The third kappa shape index (κ3) is 19.0. The molecule has 41 heteroatoms. The SMILES string of the molecule is CCC(C)(CC(CC(C)(CC(C)(C)C)C(=O)OCC(F)(F)C(F)(F)C(F)(F)C(F)(F)C(F)(F)C(F)F)C(=O)O)C(=O)OCCO.CCc1cccc(CC)c1N1C(=O)C(C)C(C(C)(CC(CC(C)(CC)C(=O)OCCO)C(=O)O)C(=O)OCC(F)(F)C(F)(F)C(F)(F)C(F)(F)C(F)(F)C(F)F)C1=O. The molecule has 1 aromatic carbocycles. The second-order valence-corrected chi connectivity index (χ2v) is 26.9. The number of rotatable bonds is 39. The molecule has 596 valence electrons. The number of hydrogen-bond donors (Lipinski definition) is 4. The van der Waals surface area contributed by atoms with Crippen LogP contribution in [0.15, 0.2) is 18.2 Å². The monoisotopic (exact) mass is 1550 g/mol. The third-order valence-corrected chi connectivity index (χ3v) is 17.7. The number of aliphatic hydroxyl groups excluding tert-OH is 2. The van der Waals surface area contributed by atoms with Gasteiger partial charge < -0.3 is 39.4 Å². The number of amides is 2. The van der Waals surface area contributed by atoms with Gasteiger partial charge in [-0.15, -0.1) is 0 Å². The molecular weight excluding hydrogens is 1470 g/mol. The van der Waals surface area contributed by atoms with Gasteiger partial charge in [0.05, 0.1) is 58.3 Å². The average molecular weight is 1550 g/mol. The number of carboxylic acids is 2. The van der Waals surface area contributed by atoms with E-state index in [9.17, 15) is 154 Å². The standard InChI is InChI=1S/C36H43F12NO9.C26H36F12O7/c1-7-19-11-10-12-20(8-2)23(19)49-24(51)18(4)22(25(49)52)31(6,16-21(26(53)54)15-30(5,9-3)28(55)57-14-13-50)29(56)58-17-32(39,40)34(43,44)36(47,48)35(45,46)33(41,42)27(37)38;1-7-20(5,17(42)44-9-8-39)10-14(15(40)41)11-21(6,12-19(2,3)4)18(43)45-13-22(29,30)24(33,34)26(37,38)25(35,36)23(31,32)16(27)28/h10-12,18,21-22,27,50H,7-9,13-17H2,1-6H3,(H,53,54);14,16,39H,7-13H2,1-6H3,(H,40,41). The highest BCUT2D eigenvalue weighted by molar-refractivity contribution is 6.23. The van der Waals surface area contributed by atoms with Crippen molar-refractivity contribution in [2.45, 2.75) is 213 Å². The zero-order valence-corrected chi connectivity index (χ0v) is 57.0. The number of carboxylic acid groups (broad SMARTS) is 2. The number of hydrogen-bond acceptors (Lipinski definition) is 14. The fourth-order valence-electron chi connectivity index (χ4n) is 11.5. The summed E-state index contributed by atoms with van der Waals surface area (Å²) in [5, 5.41) is 38.1. The summed E-state index contributed by atoms with van der Waals surface area (Å²) in [5.41, 5.74) is -8.64. The molecule has 1 saturated heterocycles. The number of aliphatic hydroxyl groups is 2. The molecule has 1 fully saturated rings. The zero-order chi connectivity index (χ0) is 81.4. The van der Waals surface area contributed by atoms with Gasteiger partial charge in [-0.2, -0.15) is 87.8 Å². The lowest BCUT2D eigenvalue weighted by Crippen LogP contribution is -2.69. The van der Waals surface area contributed by atoms with E-state index in [-0.39, 0.29) is 31.4 Å². The summed E-state index contributed by atoms with van der Waals surface area (Å²) >= 11 is 0. The van der Waals surface area contributed by atoms with Crippen LogP contribution in [0.25, 0.3) is 0 Å². The Morgan fingerprint density at radius 1 is 0.466 bits per heavy atom. The summed E-state index contributed by atoms with van der Waals surface area (Å²) in [5.74, 6) is -93.8. The first-order chi connectivity index (χ1) is 46.2. The molecule has 0 saturated carbocycles. The molecule has 0 aromatic heterocycles. The van der Waals surface area contributed by atoms with Crippen molar-refractivity contribution in [1.29, 1.82) is 0 Å². The average Bonchev–Trinajstić information content (AvgIpc) is 1.27. The number of ether oxygens (including phenoxy) is 4. The van der Waals surface area contributed by atoms with Crippen molar-refractivity contribution < 1.29 is 183 Å². The van der Waals surface area contributed by atoms with E-state index in [4.69, 9.17) is 19.7 Å². The highest BCUT2D eigenvalue weighted by Crippen LogP contribution is 2.61. The van der Waals surface area contributed by atoms with Crippen LogP contribution < -0.4 is 4.90 Å². The van der Waals surface area contributed by atoms with Crippen molar-refractivity contribution in [2.75, 3.05) is 44.5 Å². The molecule has 1 aliphatic heterocycles. The number of anilines is 1. The molecule has 4 N–H and O–H groups in total. The molecule has 0 aliphatic carbocycles. The summed E-state index contributed by atoms with van der Waals surface area (Å²) in [4.78, 5) is 106. The second-order valence-electron chi connectivity index (χ2n) is 26.9. The number of carbonyl (C=O) groups excluding carboxylic acids is 6. The molecule has 103 heavy (non-hydrogen) atoms. The minimum absolute atomic E-state index is 0.0301. The number of halogens is 24. The Bertz CT molecular complexity index is 3130. The van der Waals surface area contributed by atoms with Gasteiger partial charge in [-0.25, -0.2) is 22.5 Å². The minimum Gasteiger partial charge on any atom is -0.481 e. The molecule has 0 radical (unpaired) electrons. The van der Waals surface area contributed by atoms with Gasteiger partial charge in [0.25, 0.3) is 0 Å². The second kappa shape index (κ2) is 33.5. The molecule has 17 nitrogen and oxygen atoms in total. The molecule has 1 heterocycles. The van der Waals surface area contributed by atoms with Crippen LogP contribution in [0.2, 0.25) is 0 Å². The maximum absolute atomic E-state index is 14.9. The van der Waals surface area contributed by atoms with Crippen molar-refractivity contribution in [1.82, 2.24) is 0 Å². The number of aryl methyl sites for hydroxylation is 2. The highest BCUT2D eigenvalue weighted by atomic mass is 19.4. The van der Waals surface area contributed by atoms with Crippen LogP contribution in [-0.2, 0) is 70.1 Å². The van der Waals surface area contributed by atoms with Gasteiger partial charge in [-0.3, -0.25) is 38.4 Å². The number of para-hydroxylation sites is 1. The number of benzene rings is 1. The Hall–Kier alpha value is -6.58. The quantitative estimate of drug-likeness (QED) is 0.0207. The normalized spacial score (nSPS) is 18.7. The molecule has 0 spiro atoms. The van der Waals surface area contributed by atoms with Crippen LogP contribution in [0.1, 0.15) is 139 Å². The van der Waals surface area contributed by atoms with Crippen molar-refractivity contribution in [2.24, 2.45) is 50.7 Å². The molecule has 1 aliphatic rings. The molecule has 8 unspecified atom stereocenters. The molecular formula is C62H79F24NO16. The van der Waals surface area contributed by atoms with E-state index >= 15 is 0 Å². The van der Waals surface area contributed by atoms with Gasteiger partial charge in [-0.1, -0.05) is 73.6 Å². The molecule has 2 amide bonds. The number of esters is 4. The molecule has 0 bridgehead atoms. The van der Waals surface area contributed by atoms with Crippen molar-refractivity contribution in [3.63, 3.8) is 0 Å². The Morgan fingerprint density at radius 2 is 0.786 bits per heavy atom. The topological polar surface area (TPSA) is 258 Å². The first kappa shape index (κ1) is 94.4. The lowest BCUT2D eigenvalue weighted by Gasteiger charge is -2.40. The predicted molar refractivity (Wildman–Crippen MR) is 308 cm³/mol. The van der Waals surface area contributed by atoms with Crippen LogP contribution in [0, 0.1) is 50.7 Å². The van der Waals surface area contributed by atoms with Gasteiger partial charge in [0.1, 0.15) is 13.2 Å². The number of imide groups is 1. The summed E-state index contributed by atoms with van der Waals surface area (Å²) < 4.78 is 348. The zero-order valence-electron chi connectivity index (χ0n) is 57.0. The van der Waals surface area contributed by atoms with Gasteiger partial charge in [0.2, 0.25) is 11.8 Å². The fraction of sp³-hybridized carbons (Fsp3) is 0.774. The lowest BCUT2D eigenvalue weighted by atomic mass is 9.65. The van der Waals surface area contributed by atoms with Gasteiger partial charge in [0, 0.05) is 5.92 Å². The number of nitrogens with zero attached hydrogens (tertiary/aromatic N) is 1. The third-order valence-electron chi connectivity index (χ3n) is 17.7. The van der Waals surface area contributed by atoms with Crippen LogP contribution in [0.4, 0.5) is 111 Å². The van der Waals surface area contributed by atoms with Gasteiger partial charge in [-0.05, 0) is 102 Å². The smallest absolute Gasteiger partial charge is 0.384 e. The van der Waals surface area contributed by atoms with Crippen LogP contribution in [0.3, 0.4) is 0 Å². The van der Waals surface area contributed by atoms with Crippen LogP contribution in [0.5, 0.6) is 0 Å². The lowest BCUT2D eigenvalue weighted by molar-refractivity contribution is -0.414. The highest BCUT2D eigenvalue weighted by Gasteiger charge is 2.89. The maximum Gasteiger partial charge on any atom is 0.384 e. The summed E-state index contributed by atoms with van der Waals surface area (Å²) in [7, 11) is 0. The Labute approximate surface area is 573 Å². The van der Waals surface area contributed by atoms with E-state index in [0.29, 0.717) is 23.0 Å². The van der Waals surface area contributed by atoms with Crippen molar-refractivity contribution >= 4 is 53.3 Å². The fourth-order valence-corrected chi connectivity index (χ4v) is 11.5. The Balaban J connectivity index is 0.00000107. The number of alkyl halides is 24. The van der Waals surface area contributed by atoms with E-state index in [1.165, 1.54) is 60.6 Å². The first-order valence-corrected chi connectivity index (χ1v) is 30.9. The summed E-state index contributed by atoms with van der Waals surface area (Å²) in [6, 6.07) is 4.65. The summed E-state index contributed by atoms with van der Waals surface area (Å²) in [6.45, 7) is 6.85. The molecule has 2 rings (SSSR count). The van der Waals surface area contributed by atoms with Crippen molar-refractivity contribution in [3.8, 4) is 0 Å². The van der Waals surface area contributed by atoms with E-state index in [1.807, 2.05) is 0 Å². The van der Waals surface area contributed by atoms with E-state index < -0.39 is 242 Å². The van der Waals surface area contributed by atoms with E-state index in [0.717, 1.165) is 13.8 Å². The van der Waals surface area contributed by atoms with Crippen molar-refractivity contribution in [3.05, 3.63) is 29.3 Å². The molecule has 8 atom stereocenters. The molecule has 1 aromatic rings. The van der Waals surface area contributed by atoms with Gasteiger partial charge >= 0.3 is 108 Å². The Kier molecular flexibility index (Phi) is 30.7. The summed E-state index contributed by atoms with van der Waals surface area (Å²) in [6.07, 6.45) is -15.2. The largest absolute Gasteiger partial charge is 0.481 e. The van der Waals surface area contributed by atoms with Crippen LogP contribution >= 0.6 is 0 Å². The van der Waals surface area contributed by atoms with E-state index in [1.54, 1.807) is 19.9 Å². The minimum atomic E-state index is -7.95. The maximum atomic E-state index is 14.9. The first-order valence-electron chi connectivity index (χ1n) is 30.9.